The highest BCUT2D eigenvalue weighted by molar-refractivity contribution is 7.17. The Hall–Kier alpha value is -2.48. The molecule has 0 spiro atoms. The molecule has 2 aromatic heterocycles. The van der Waals surface area contributed by atoms with Gasteiger partial charge >= 0.3 is 5.97 Å². The number of ether oxygens (including phenoxy) is 1. The third-order valence-corrected chi connectivity index (χ3v) is 4.32. The summed E-state index contributed by atoms with van der Waals surface area (Å²) in [6.45, 7) is 5.27. The number of aryl methyl sites for hydroxylation is 3. The Bertz CT molecular complexity index is 796. The van der Waals surface area contributed by atoms with Crippen molar-refractivity contribution in [3.8, 4) is 0 Å². The van der Waals surface area contributed by atoms with Crippen molar-refractivity contribution < 1.29 is 14.3 Å². The molecule has 2 rings (SSSR count). The normalized spacial score (nSPS) is 10.4. The zero-order valence-electron chi connectivity index (χ0n) is 13.3. The molecule has 0 bridgehead atoms. The molecule has 1 amide bonds. The predicted octanol–water partition coefficient (Wildman–Crippen LogP) is 1.66. The largest absolute Gasteiger partial charge is 0.465 e. The number of nitrogens with one attached hydrogen (secondary N) is 1. The van der Waals surface area contributed by atoms with Gasteiger partial charge in [-0.1, -0.05) is 11.3 Å². The molecule has 0 radical (unpaired) electrons. The van der Waals surface area contributed by atoms with E-state index in [-0.39, 0.29) is 17.9 Å². The van der Waals surface area contributed by atoms with Crippen LogP contribution in [-0.2, 0) is 16.1 Å². The molecule has 23 heavy (non-hydrogen) atoms. The fraction of sp³-hybridized carbons (Fsp3) is 0.333. The Morgan fingerprint density at radius 1 is 1.26 bits per heavy atom. The summed E-state index contributed by atoms with van der Waals surface area (Å²) in [7, 11) is 1.29. The van der Waals surface area contributed by atoms with Gasteiger partial charge in [-0.2, -0.15) is 0 Å². The molecule has 0 aliphatic heterocycles. The fourth-order valence-corrected chi connectivity index (χ4v) is 3.07. The Morgan fingerprint density at radius 2 is 1.87 bits per heavy atom. The molecular weight excluding hydrogens is 318 g/mol. The van der Waals surface area contributed by atoms with E-state index in [1.807, 2.05) is 0 Å². The maximum atomic E-state index is 12.2. The van der Waals surface area contributed by atoms with E-state index < -0.39 is 5.97 Å². The number of anilines is 1. The molecule has 0 aliphatic rings. The minimum absolute atomic E-state index is 0.0597. The van der Waals surface area contributed by atoms with Crippen LogP contribution in [0.2, 0.25) is 0 Å². The quantitative estimate of drug-likeness (QED) is 0.858. The first-order chi connectivity index (χ1) is 10.8. The van der Waals surface area contributed by atoms with Gasteiger partial charge in [0.05, 0.1) is 12.8 Å². The van der Waals surface area contributed by atoms with E-state index in [0.29, 0.717) is 27.1 Å². The van der Waals surface area contributed by atoms with Crippen molar-refractivity contribution in [1.29, 1.82) is 0 Å². The summed E-state index contributed by atoms with van der Waals surface area (Å²) in [4.78, 5) is 39.6. The summed E-state index contributed by atoms with van der Waals surface area (Å²) in [5, 5.41) is 3.00. The maximum Gasteiger partial charge on any atom is 0.350 e. The first kappa shape index (κ1) is 16.9. The second-order valence-electron chi connectivity index (χ2n) is 5.03. The first-order valence-electron chi connectivity index (χ1n) is 6.85. The first-order valence-corrected chi connectivity index (χ1v) is 7.67. The number of rotatable bonds is 4. The molecule has 0 atom stereocenters. The van der Waals surface area contributed by atoms with Crippen molar-refractivity contribution in [2.24, 2.45) is 0 Å². The highest BCUT2D eigenvalue weighted by Crippen LogP contribution is 2.23. The Labute approximate surface area is 136 Å². The Balaban J connectivity index is 2.15. The third kappa shape index (κ3) is 3.84. The predicted molar refractivity (Wildman–Crippen MR) is 87.0 cm³/mol. The molecule has 0 saturated carbocycles. The summed E-state index contributed by atoms with van der Waals surface area (Å²) in [5.74, 6) is -0.766. The van der Waals surface area contributed by atoms with E-state index in [0.717, 1.165) is 11.3 Å². The van der Waals surface area contributed by atoms with Gasteiger partial charge in [0.2, 0.25) is 5.91 Å². The summed E-state index contributed by atoms with van der Waals surface area (Å²) in [6.07, 6.45) is 0. The standard InChI is InChI=1S/C15H17N3O4S/c1-8-5-11(19)6-9(2)18(8)7-12(20)17-15-16-10(3)13(23-15)14(21)22-4/h5-6H,7H2,1-4H3,(H,16,17,20). The van der Waals surface area contributed by atoms with Crippen LogP contribution in [0.4, 0.5) is 5.13 Å². The van der Waals surface area contributed by atoms with E-state index in [1.54, 1.807) is 25.3 Å². The monoisotopic (exact) mass is 335 g/mol. The minimum Gasteiger partial charge on any atom is -0.465 e. The lowest BCUT2D eigenvalue weighted by molar-refractivity contribution is -0.116. The van der Waals surface area contributed by atoms with Crippen molar-refractivity contribution in [3.63, 3.8) is 0 Å². The number of hydrogen-bond donors (Lipinski definition) is 1. The molecule has 1 N–H and O–H groups in total. The number of thiazole rings is 1. The molecule has 0 unspecified atom stereocenters. The summed E-state index contributed by atoms with van der Waals surface area (Å²) in [5.41, 5.74) is 1.83. The number of carbonyl (C=O) groups excluding carboxylic acids is 2. The lowest BCUT2D eigenvalue weighted by Crippen LogP contribution is -2.23. The third-order valence-electron chi connectivity index (χ3n) is 3.27. The molecule has 0 aromatic carbocycles. The van der Waals surface area contributed by atoms with E-state index in [4.69, 9.17) is 0 Å². The molecule has 122 valence electrons. The van der Waals surface area contributed by atoms with Crippen molar-refractivity contribution in [2.75, 3.05) is 12.4 Å². The van der Waals surface area contributed by atoms with Gasteiger partial charge in [-0.05, 0) is 20.8 Å². The average molecular weight is 335 g/mol. The SMILES string of the molecule is COC(=O)c1sc(NC(=O)Cn2c(C)cc(=O)cc2C)nc1C. The number of amides is 1. The lowest BCUT2D eigenvalue weighted by Gasteiger charge is -2.13. The molecule has 2 heterocycles. The molecule has 0 fully saturated rings. The number of hydrogen-bond acceptors (Lipinski definition) is 6. The van der Waals surface area contributed by atoms with Crippen LogP contribution in [0.3, 0.4) is 0 Å². The van der Waals surface area contributed by atoms with Crippen molar-refractivity contribution in [2.45, 2.75) is 27.3 Å². The number of pyridine rings is 1. The van der Waals surface area contributed by atoms with Gasteiger partial charge in [0.1, 0.15) is 11.4 Å². The minimum atomic E-state index is -0.479. The summed E-state index contributed by atoms with van der Waals surface area (Å²) >= 11 is 1.07. The van der Waals surface area contributed by atoms with Gasteiger partial charge in [-0.25, -0.2) is 9.78 Å². The topological polar surface area (TPSA) is 90.3 Å². The van der Waals surface area contributed by atoms with Crippen LogP contribution in [0, 0.1) is 20.8 Å². The van der Waals surface area contributed by atoms with E-state index in [1.165, 1.54) is 19.2 Å². The molecule has 0 saturated heterocycles. The van der Waals surface area contributed by atoms with Crippen molar-refractivity contribution in [1.82, 2.24) is 9.55 Å². The van der Waals surface area contributed by atoms with Crippen LogP contribution in [0.5, 0.6) is 0 Å². The fourth-order valence-electron chi connectivity index (χ4n) is 2.17. The number of aromatic nitrogens is 2. The highest BCUT2D eigenvalue weighted by atomic mass is 32.1. The average Bonchev–Trinajstić information content (AvgIpc) is 2.82. The van der Waals surface area contributed by atoms with Gasteiger partial charge in [0, 0.05) is 23.5 Å². The van der Waals surface area contributed by atoms with Crippen LogP contribution in [0.15, 0.2) is 16.9 Å². The zero-order valence-corrected chi connectivity index (χ0v) is 14.1. The molecule has 0 aliphatic carbocycles. The van der Waals surface area contributed by atoms with E-state index >= 15 is 0 Å². The van der Waals surface area contributed by atoms with Gasteiger partial charge in [-0.15, -0.1) is 0 Å². The van der Waals surface area contributed by atoms with Crippen LogP contribution in [0.1, 0.15) is 26.8 Å². The number of methoxy groups -OCH3 is 1. The van der Waals surface area contributed by atoms with E-state index in [2.05, 4.69) is 15.0 Å². The number of nitrogens with zero attached hydrogens (tertiary/aromatic N) is 2. The zero-order chi connectivity index (χ0) is 17.1. The lowest BCUT2D eigenvalue weighted by atomic mass is 10.3. The molecule has 8 heteroatoms. The van der Waals surface area contributed by atoms with Gasteiger partial charge in [-0.3, -0.25) is 9.59 Å². The van der Waals surface area contributed by atoms with Crippen molar-refractivity contribution >= 4 is 28.3 Å². The Kier molecular flexibility index (Phi) is 4.95. The van der Waals surface area contributed by atoms with E-state index in [9.17, 15) is 14.4 Å². The number of esters is 1. The van der Waals surface area contributed by atoms with Gasteiger partial charge in [0.15, 0.2) is 10.6 Å². The Morgan fingerprint density at radius 3 is 2.43 bits per heavy atom. The summed E-state index contributed by atoms with van der Waals surface area (Å²) in [6, 6.07) is 2.95. The summed E-state index contributed by atoms with van der Waals surface area (Å²) < 4.78 is 6.39. The van der Waals surface area contributed by atoms with Crippen LogP contribution in [-0.4, -0.2) is 28.5 Å². The van der Waals surface area contributed by atoms with Gasteiger partial charge < -0.3 is 14.6 Å². The van der Waals surface area contributed by atoms with Gasteiger partial charge in [0.25, 0.3) is 0 Å². The second kappa shape index (κ2) is 6.74. The molecule has 7 nitrogen and oxygen atoms in total. The van der Waals surface area contributed by atoms with Crippen molar-refractivity contribution in [3.05, 3.63) is 44.3 Å². The molecule has 2 aromatic rings. The highest BCUT2D eigenvalue weighted by Gasteiger charge is 2.17. The maximum absolute atomic E-state index is 12.2. The smallest absolute Gasteiger partial charge is 0.350 e. The number of carbonyl (C=O) groups is 2. The van der Waals surface area contributed by atoms with Crippen LogP contribution >= 0.6 is 11.3 Å². The molecular formula is C15H17N3O4S. The van der Waals surface area contributed by atoms with Crippen LogP contribution in [0.25, 0.3) is 0 Å². The van der Waals surface area contributed by atoms with Crippen LogP contribution < -0.4 is 10.7 Å². The second-order valence-corrected chi connectivity index (χ2v) is 6.03.